The summed E-state index contributed by atoms with van der Waals surface area (Å²) in [6.45, 7) is 6.55. The lowest BCUT2D eigenvalue weighted by atomic mass is 10.2. The minimum atomic E-state index is 0.302. The van der Waals surface area contributed by atoms with Gasteiger partial charge in [-0.25, -0.2) is 0 Å². The van der Waals surface area contributed by atoms with Crippen LogP contribution in [0.4, 0.5) is 0 Å². The van der Waals surface area contributed by atoms with Gasteiger partial charge in [-0.2, -0.15) is 0 Å². The number of nitrogens with zero attached hydrogens (tertiary/aromatic N) is 1. The smallest absolute Gasteiger partial charge is 0.0707 e. The average molecular weight is 212 g/mol. The highest BCUT2D eigenvalue weighted by atomic mass is 16.5. The van der Waals surface area contributed by atoms with Crippen molar-refractivity contribution in [3.63, 3.8) is 0 Å². The number of rotatable bonds is 7. The summed E-state index contributed by atoms with van der Waals surface area (Å²) >= 11 is 0. The highest BCUT2D eigenvalue weighted by molar-refractivity contribution is 4.76. The van der Waals surface area contributed by atoms with Crippen LogP contribution in [0.2, 0.25) is 0 Å². The molecule has 1 rings (SSSR count). The molecule has 0 aromatic rings. The van der Waals surface area contributed by atoms with Gasteiger partial charge in [0.25, 0.3) is 0 Å². The first-order valence-corrected chi connectivity index (χ1v) is 5.91. The Morgan fingerprint density at radius 1 is 1.47 bits per heavy atom. The lowest BCUT2D eigenvalue weighted by Crippen LogP contribution is -2.31. The minimum absolute atomic E-state index is 0.302. The summed E-state index contributed by atoms with van der Waals surface area (Å²) < 4.78 is 5.80. The van der Waals surface area contributed by atoms with Crippen molar-refractivity contribution in [2.45, 2.75) is 37.9 Å². The normalized spacial score (nSPS) is 26.1. The standard InChI is InChI=1S/C12H24N2O/c1-3-4-5-8-14(2)10-12-7-6-11(9-13)15-12/h3,11-12H,1,4-10,13H2,2H3. The first kappa shape index (κ1) is 12.7. The van der Waals surface area contributed by atoms with E-state index in [1.165, 1.54) is 6.42 Å². The zero-order chi connectivity index (χ0) is 11.1. The van der Waals surface area contributed by atoms with Crippen LogP contribution >= 0.6 is 0 Å². The van der Waals surface area contributed by atoms with E-state index in [0.29, 0.717) is 18.8 Å². The van der Waals surface area contributed by atoms with Crippen LogP contribution in [0.1, 0.15) is 25.7 Å². The van der Waals surface area contributed by atoms with Gasteiger partial charge in [-0.3, -0.25) is 0 Å². The van der Waals surface area contributed by atoms with Crippen molar-refractivity contribution in [3.8, 4) is 0 Å². The van der Waals surface area contributed by atoms with Crippen molar-refractivity contribution in [2.75, 3.05) is 26.7 Å². The number of ether oxygens (including phenoxy) is 1. The molecule has 3 heteroatoms. The second-order valence-electron chi connectivity index (χ2n) is 4.39. The predicted molar refractivity (Wildman–Crippen MR) is 63.9 cm³/mol. The molecule has 2 atom stereocenters. The topological polar surface area (TPSA) is 38.5 Å². The molecule has 3 nitrogen and oxygen atoms in total. The van der Waals surface area contributed by atoms with Crippen LogP contribution in [-0.4, -0.2) is 43.8 Å². The van der Waals surface area contributed by atoms with Gasteiger partial charge in [-0.1, -0.05) is 6.08 Å². The van der Waals surface area contributed by atoms with E-state index in [4.69, 9.17) is 10.5 Å². The first-order valence-electron chi connectivity index (χ1n) is 5.91. The number of hydrogen-bond donors (Lipinski definition) is 1. The number of nitrogens with two attached hydrogens (primary N) is 1. The van der Waals surface area contributed by atoms with Crippen LogP contribution in [-0.2, 0) is 4.74 Å². The largest absolute Gasteiger partial charge is 0.372 e. The average Bonchev–Trinajstić information content (AvgIpc) is 2.66. The third kappa shape index (κ3) is 4.78. The maximum Gasteiger partial charge on any atom is 0.0707 e. The van der Waals surface area contributed by atoms with Gasteiger partial charge < -0.3 is 15.4 Å². The van der Waals surface area contributed by atoms with Crippen LogP contribution in [0.5, 0.6) is 0 Å². The summed E-state index contributed by atoms with van der Waals surface area (Å²) in [6.07, 6.45) is 7.25. The summed E-state index contributed by atoms with van der Waals surface area (Å²) in [5.74, 6) is 0. The third-order valence-electron chi connectivity index (χ3n) is 2.92. The van der Waals surface area contributed by atoms with Gasteiger partial charge in [0, 0.05) is 13.1 Å². The van der Waals surface area contributed by atoms with Gasteiger partial charge in [0.15, 0.2) is 0 Å². The lowest BCUT2D eigenvalue weighted by Gasteiger charge is -2.20. The molecule has 15 heavy (non-hydrogen) atoms. The molecule has 1 heterocycles. The van der Waals surface area contributed by atoms with E-state index in [1.807, 2.05) is 6.08 Å². The van der Waals surface area contributed by atoms with Gasteiger partial charge >= 0.3 is 0 Å². The molecule has 1 aliphatic rings. The summed E-state index contributed by atoms with van der Waals surface area (Å²) in [5, 5.41) is 0. The van der Waals surface area contributed by atoms with E-state index in [1.54, 1.807) is 0 Å². The zero-order valence-corrected chi connectivity index (χ0v) is 9.82. The van der Waals surface area contributed by atoms with E-state index in [0.717, 1.165) is 32.4 Å². The van der Waals surface area contributed by atoms with Crippen LogP contribution in [0.25, 0.3) is 0 Å². The maximum atomic E-state index is 5.80. The molecule has 2 unspecified atom stereocenters. The zero-order valence-electron chi connectivity index (χ0n) is 9.82. The van der Waals surface area contributed by atoms with Gasteiger partial charge in [-0.15, -0.1) is 6.58 Å². The second kappa shape index (κ2) is 6.99. The SMILES string of the molecule is C=CCCCN(C)CC1CCC(CN)O1. The Kier molecular flexibility index (Phi) is 5.91. The molecule has 0 saturated carbocycles. The molecule has 0 radical (unpaired) electrons. The van der Waals surface area contributed by atoms with Crippen molar-refractivity contribution in [2.24, 2.45) is 5.73 Å². The summed E-state index contributed by atoms with van der Waals surface area (Å²) in [5.41, 5.74) is 5.58. The summed E-state index contributed by atoms with van der Waals surface area (Å²) in [6, 6.07) is 0. The lowest BCUT2D eigenvalue weighted by molar-refractivity contribution is 0.0317. The quantitative estimate of drug-likeness (QED) is 0.512. The number of likely N-dealkylation sites (N-methyl/N-ethyl adjacent to an activating group) is 1. The van der Waals surface area contributed by atoms with Gasteiger partial charge in [-0.05, 0) is 39.3 Å². The maximum absolute atomic E-state index is 5.80. The van der Waals surface area contributed by atoms with Crippen molar-refractivity contribution in [1.82, 2.24) is 4.90 Å². The molecule has 0 aromatic heterocycles. The molecule has 0 amide bonds. The predicted octanol–water partition coefficient (Wildman–Crippen LogP) is 1.39. The van der Waals surface area contributed by atoms with Crippen LogP contribution in [0.15, 0.2) is 12.7 Å². The highest BCUT2D eigenvalue weighted by Crippen LogP contribution is 2.19. The minimum Gasteiger partial charge on any atom is -0.372 e. The molecule has 2 N–H and O–H groups in total. The van der Waals surface area contributed by atoms with Gasteiger partial charge in [0.2, 0.25) is 0 Å². The number of allylic oxidation sites excluding steroid dienone is 1. The third-order valence-corrected chi connectivity index (χ3v) is 2.92. The van der Waals surface area contributed by atoms with Crippen molar-refractivity contribution < 1.29 is 4.74 Å². The van der Waals surface area contributed by atoms with Crippen LogP contribution in [0.3, 0.4) is 0 Å². The Balaban J connectivity index is 2.10. The Hall–Kier alpha value is -0.380. The molecular formula is C12H24N2O. The second-order valence-corrected chi connectivity index (χ2v) is 4.39. The van der Waals surface area contributed by atoms with Crippen LogP contribution < -0.4 is 5.73 Å². The van der Waals surface area contributed by atoms with E-state index in [2.05, 4.69) is 18.5 Å². The Morgan fingerprint density at radius 2 is 2.20 bits per heavy atom. The fraction of sp³-hybridized carbons (Fsp3) is 0.833. The molecule has 88 valence electrons. The molecule has 1 aliphatic heterocycles. The van der Waals surface area contributed by atoms with Gasteiger partial charge in [0.05, 0.1) is 12.2 Å². The number of unbranched alkanes of at least 4 members (excludes halogenated alkanes) is 1. The Bertz CT molecular complexity index is 184. The highest BCUT2D eigenvalue weighted by Gasteiger charge is 2.24. The fourth-order valence-corrected chi connectivity index (χ4v) is 2.03. The molecule has 0 aliphatic carbocycles. The summed E-state index contributed by atoms with van der Waals surface area (Å²) in [4.78, 5) is 2.34. The molecule has 0 aromatic carbocycles. The molecule has 0 bridgehead atoms. The summed E-state index contributed by atoms with van der Waals surface area (Å²) in [7, 11) is 2.15. The Labute approximate surface area is 93.3 Å². The van der Waals surface area contributed by atoms with E-state index in [-0.39, 0.29) is 0 Å². The van der Waals surface area contributed by atoms with Gasteiger partial charge in [0.1, 0.15) is 0 Å². The first-order chi connectivity index (χ1) is 7.26. The van der Waals surface area contributed by atoms with E-state index < -0.39 is 0 Å². The molecule has 0 spiro atoms. The molecule has 1 saturated heterocycles. The molecule has 1 fully saturated rings. The molecular weight excluding hydrogens is 188 g/mol. The monoisotopic (exact) mass is 212 g/mol. The fourth-order valence-electron chi connectivity index (χ4n) is 2.03. The van der Waals surface area contributed by atoms with E-state index in [9.17, 15) is 0 Å². The number of hydrogen-bond acceptors (Lipinski definition) is 3. The van der Waals surface area contributed by atoms with Crippen molar-refractivity contribution in [3.05, 3.63) is 12.7 Å². The van der Waals surface area contributed by atoms with E-state index >= 15 is 0 Å². The van der Waals surface area contributed by atoms with Crippen molar-refractivity contribution in [1.29, 1.82) is 0 Å². The van der Waals surface area contributed by atoms with Crippen molar-refractivity contribution >= 4 is 0 Å². The Morgan fingerprint density at radius 3 is 2.80 bits per heavy atom. The van der Waals surface area contributed by atoms with Crippen LogP contribution in [0, 0.1) is 0 Å².